The number of hydrogen-bond acceptors (Lipinski definition) is 4. The molecule has 0 amide bonds. The van der Waals surface area contributed by atoms with Gasteiger partial charge in [0.15, 0.2) is 0 Å². The Labute approximate surface area is 195 Å². The monoisotopic (exact) mass is 458 g/mol. The van der Waals surface area contributed by atoms with Gasteiger partial charge in [-0.05, 0) is 58.9 Å². The quantitative estimate of drug-likeness (QED) is 0.206. The summed E-state index contributed by atoms with van der Waals surface area (Å²) in [4.78, 5) is 0. The minimum Gasteiger partial charge on any atom is -0.394 e. The Bertz CT molecular complexity index is 763. The molecule has 0 radical (unpaired) electrons. The number of aryl methyl sites for hydroxylation is 2. The van der Waals surface area contributed by atoms with Gasteiger partial charge in [0.1, 0.15) is 6.61 Å². The van der Waals surface area contributed by atoms with E-state index in [1.54, 1.807) is 0 Å². The summed E-state index contributed by atoms with van der Waals surface area (Å²) in [6.07, 6.45) is 12.7. The van der Waals surface area contributed by atoms with E-state index < -0.39 is 14.2 Å². The zero-order valence-corrected chi connectivity index (χ0v) is 20.7. The van der Waals surface area contributed by atoms with Gasteiger partial charge in [-0.15, -0.1) is 4.52 Å². The summed E-state index contributed by atoms with van der Waals surface area (Å²) in [7, 11) is -0.839. The van der Waals surface area contributed by atoms with Crippen LogP contribution in [0.25, 0.3) is 11.1 Å². The van der Waals surface area contributed by atoms with E-state index in [0.717, 1.165) is 19.3 Å². The molecule has 5 heteroatoms. The van der Waals surface area contributed by atoms with Gasteiger partial charge in [-0.2, -0.15) is 0 Å². The van der Waals surface area contributed by atoms with Crippen LogP contribution >= 0.6 is 8.69 Å². The fraction of sp³-hybridized carbons (Fsp3) is 0.556. The molecule has 0 aliphatic heterocycles. The van der Waals surface area contributed by atoms with Crippen LogP contribution in [0.2, 0.25) is 0 Å². The second-order valence-corrected chi connectivity index (χ2v) is 9.47. The van der Waals surface area contributed by atoms with Gasteiger partial charge in [0, 0.05) is 0 Å². The molecule has 176 valence electrons. The van der Waals surface area contributed by atoms with E-state index >= 15 is 0 Å². The van der Waals surface area contributed by atoms with E-state index in [2.05, 4.69) is 55.5 Å². The molecular weight excluding hydrogens is 417 g/mol. The summed E-state index contributed by atoms with van der Waals surface area (Å²) in [5.41, 5.74) is 10.5. The molecule has 0 saturated carbocycles. The number of nitrogens with two attached hydrogens (primary N) is 1. The van der Waals surface area contributed by atoms with Gasteiger partial charge in [0.2, 0.25) is 0 Å². The molecule has 0 bridgehead atoms. The van der Waals surface area contributed by atoms with Crippen molar-refractivity contribution in [3.63, 3.8) is 0 Å². The Balaban J connectivity index is 1.74. The number of aliphatic hydroxyl groups excluding tert-OH is 1. The lowest BCUT2D eigenvalue weighted by Gasteiger charge is -2.23. The lowest BCUT2D eigenvalue weighted by molar-refractivity contribution is 0.131. The van der Waals surface area contributed by atoms with E-state index in [1.165, 1.54) is 67.2 Å². The van der Waals surface area contributed by atoms with Crippen molar-refractivity contribution in [1.29, 1.82) is 0 Å². The maximum atomic E-state index is 10.5. The Kier molecular flexibility index (Phi) is 12.7. The lowest BCUT2D eigenvalue weighted by atomic mass is 9.94. The van der Waals surface area contributed by atoms with E-state index in [-0.39, 0.29) is 13.2 Å². The Morgan fingerprint density at radius 1 is 0.812 bits per heavy atom. The molecule has 4 nitrogen and oxygen atoms in total. The third-order valence-corrected chi connectivity index (χ3v) is 6.45. The normalized spacial score (nSPS) is 13.3. The molecule has 2 rings (SSSR count). The average molecular weight is 459 g/mol. The number of unbranched alkanes of at least 4 members (excludes halogenated alkanes) is 6. The second-order valence-electron chi connectivity index (χ2n) is 9.01. The number of rotatable bonds is 17. The SMILES string of the molecule is CCCCCCCCc1ccc(-c2ccc(CCCCC(N)(CO)CO[PH+]=O)cc2)cc1. The summed E-state index contributed by atoms with van der Waals surface area (Å²) in [6.45, 7) is 2.22. The van der Waals surface area contributed by atoms with Crippen LogP contribution in [-0.2, 0) is 21.9 Å². The van der Waals surface area contributed by atoms with E-state index in [4.69, 9.17) is 10.3 Å². The predicted octanol–water partition coefficient (Wildman–Crippen LogP) is 6.61. The molecule has 0 heterocycles. The van der Waals surface area contributed by atoms with Crippen molar-refractivity contribution in [2.24, 2.45) is 5.73 Å². The van der Waals surface area contributed by atoms with Crippen molar-refractivity contribution >= 4 is 8.69 Å². The highest BCUT2D eigenvalue weighted by atomic mass is 31.1. The zero-order chi connectivity index (χ0) is 23.1. The van der Waals surface area contributed by atoms with E-state index in [0.29, 0.717) is 6.42 Å². The first-order valence-electron chi connectivity index (χ1n) is 12.2. The van der Waals surface area contributed by atoms with Crippen LogP contribution in [0, 0.1) is 0 Å². The van der Waals surface area contributed by atoms with Crippen LogP contribution in [0.4, 0.5) is 0 Å². The van der Waals surface area contributed by atoms with Crippen molar-refractivity contribution in [3.8, 4) is 11.1 Å². The van der Waals surface area contributed by atoms with Crippen molar-refractivity contribution < 1.29 is 14.2 Å². The number of aliphatic hydroxyl groups is 1. The molecule has 0 fully saturated rings. The second kappa shape index (κ2) is 15.3. The van der Waals surface area contributed by atoms with Gasteiger partial charge in [0.05, 0.1) is 12.1 Å². The zero-order valence-electron chi connectivity index (χ0n) is 19.7. The van der Waals surface area contributed by atoms with Crippen molar-refractivity contribution in [2.75, 3.05) is 13.2 Å². The summed E-state index contributed by atoms with van der Waals surface area (Å²) < 4.78 is 15.4. The Hall–Kier alpha value is -1.58. The molecule has 2 atom stereocenters. The largest absolute Gasteiger partial charge is 0.494 e. The van der Waals surface area contributed by atoms with E-state index in [1.807, 2.05) is 0 Å². The Morgan fingerprint density at radius 2 is 1.31 bits per heavy atom. The molecule has 0 saturated heterocycles. The minimum absolute atomic E-state index is 0.123. The number of benzene rings is 2. The van der Waals surface area contributed by atoms with Crippen molar-refractivity contribution in [2.45, 2.75) is 83.1 Å². The standard InChI is InChI=1S/C27H41NO3P/c1-2-3-4-5-6-7-10-23-12-16-25(17-13-23)26-18-14-24(15-19-26)11-8-9-20-27(28,21-29)22-31-32-30/h12-19,29,32H,2-11,20-22,28H2,1H3/q+1. The van der Waals surface area contributed by atoms with Crippen LogP contribution in [0.15, 0.2) is 48.5 Å². The van der Waals surface area contributed by atoms with Gasteiger partial charge < -0.3 is 10.8 Å². The van der Waals surface area contributed by atoms with Crippen LogP contribution in [0.1, 0.15) is 75.8 Å². The van der Waals surface area contributed by atoms with Crippen LogP contribution < -0.4 is 5.73 Å². The highest BCUT2D eigenvalue weighted by Gasteiger charge is 2.25. The van der Waals surface area contributed by atoms with Crippen LogP contribution in [-0.4, -0.2) is 23.9 Å². The minimum atomic E-state index is -0.839. The van der Waals surface area contributed by atoms with Crippen LogP contribution in [0.3, 0.4) is 0 Å². The van der Waals surface area contributed by atoms with Gasteiger partial charge in [0.25, 0.3) is 0 Å². The molecule has 0 aromatic heterocycles. The molecule has 3 N–H and O–H groups in total. The molecule has 32 heavy (non-hydrogen) atoms. The Morgan fingerprint density at radius 3 is 1.81 bits per heavy atom. The third kappa shape index (κ3) is 9.92. The topological polar surface area (TPSA) is 72.6 Å². The molecule has 2 aromatic carbocycles. The highest BCUT2D eigenvalue weighted by molar-refractivity contribution is 7.17. The first-order valence-corrected chi connectivity index (χ1v) is 13.0. The third-order valence-electron chi connectivity index (χ3n) is 6.18. The number of hydrogen-bond donors (Lipinski definition) is 2. The van der Waals surface area contributed by atoms with Gasteiger partial charge in [-0.25, -0.2) is 0 Å². The molecule has 0 aliphatic rings. The molecule has 0 spiro atoms. The fourth-order valence-electron chi connectivity index (χ4n) is 4.01. The van der Waals surface area contributed by atoms with E-state index in [9.17, 15) is 9.67 Å². The van der Waals surface area contributed by atoms with Crippen molar-refractivity contribution in [3.05, 3.63) is 59.7 Å². The lowest BCUT2D eigenvalue weighted by Crippen LogP contribution is -2.47. The van der Waals surface area contributed by atoms with Crippen LogP contribution in [0.5, 0.6) is 0 Å². The maximum absolute atomic E-state index is 10.5. The summed E-state index contributed by atoms with van der Waals surface area (Å²) in [5.74, 6) is 0. The van der Waals surface area contributed by atoms with Gasteiger partial charge >= 0.3 is 8.69 Å². The first-order chi connectivity index (χ1) is 15.6. The summed E-state index contributed by atoms with van der Waals surface area (Å²) in [5, 5.41) is 9.46. The average Bonchev–Trinajstić information content (AvgIpc) is 2.83. The maximum Gasteiger partial charge on any atom is 0.494 e. The highest BCUT2D eigenvalue weighted by Crippen LogP contribution is 2.22. The van der Waals surface area contributed by atoms with Gasteiger partial charge in [-0.1, -0.05) is 94.0 Å². The molecule has 2 unspecified atom stereocenters. The summed E-state index contributed by atoms with van der Waals surface area (Å²) >= 11 is 0. The smallest absolute Gasteiger partial charge is 0.394 e. The predicted molar refractivity (Wildman–Crippen MR) is 135 cm³/mol. The van der Waals surface area contributed by atoms with Crippen molar-refractivity contribution in [1.82, 2.24) is 0 Å². The first kappa shape index (κ1) is 26.7. The summed E-state index contributed by atoms with van der Waals surface area (Å²) in [6, 6.07) is 17.8. The molecule has 2 aromatic rings. The molecular formula is C27H41NO3P+. The molecule has 0 aliphatic carbocycles. The van der Waals surface area contributed by atoms with Gasteiger partial charge in [-0.3, -0.25) is 0 Å². The fourth-order valence-corrected chi connectivity index (χ4v) is 4.36.